The lowest BCUT2D eigenvalue weighted by atomic mass is 10.1. The third kappa shape index (κ3) is 1.42. The van der Waals surface area contributed by atoms with Crippen molar-refractivity contribution in [2.75, 3.05) is 0 Å². The Hall–Kier alpha value is -1.03. The van der Waals surface area contributed by atoms with Crippen molar-refractivity contribution >= 4 is 26.8 Å². The number of rotatable bonds is 0. The van der Waals surface area contributed by atoms with Gasteiger partial charge < -0.3 is 0 Å². The molecule has 2 nitrogen and oxygen atoms in total. The fraction of sp³-hybridized carbons (Fsp3) is 0.111. The number of nitrogens with zero attached hydrogens (tertiary/aromatic N) is 2. The van der Waals surface area contributed by atoms with E-state index in [-0.39, 0.29) is 5.82 Å². The summed E-state index contributed by atoms with van der Waals surface area (Å²) >= 11 is 3.10. The highest BCUT2D eigenvalue weighted by atomic mass is 79.9. The number of hydrogen-bond acceptors (Lipinski definition) is 2. The lowest BCUT2D eigenvalue weighted by Gasteiger charge is -2.00. The summed E-state index contributed by atoms with van der Waals surface area (Å²) in [6.45, 7) is 1.88. The Labute approximate surface area is 82.9 Å². The quantitative estimate of drug-likeness (QED) is 0.708. The zero-order valence-electron chi connectivity index (χ0n) is 6.88. The maximum absolute atomic E-state index is 13.1. The summed E-state index contributed by atoms with van der Waals surface area (Å²) in [7, 11) is 0. The summed E-state index contributed by atoms with van der Waals surface area (Å²) in [6, 6.07) is 3.09. The molecule has 0 fully saturated rings. The molecule has 1 aromatic carbocycles. The first-order valence-corrected chi connectivity index (χ1v) is 4.55. The molecular weight excluding hydrogens is 235 g/mol. The molecule has 0 saturated carbocycles. The first kappa shape index (κ1) is 8.56. The van der Waals surface area contributed by atoms with Crippen LogP contribution in [-0.2, 0) is 0 Å². The molecule has 0 aliphatic heterocycles. The van der Waals surface area contributed by atoms with Gasteiger partial charge in [-0.2, -0.15) is 10.2 Å². The summed E-state index contributed by atoms with van der Waals surface area (Å²) in [5.41, 5.74) is 1.63. The molecular formula is C9H6BrFN2. The molecule has 0 bridgehead atoms. The minimum Gasteiger partial charge on any atom is -0.206 e. The van der Waals surface area contributed by atoms with Crippen LogP contribution in [0.2, 0.25) is 0 Å². The molecule has 0 N–H and O–H groups in total. The molecule has 2 rings (SSSR count). The van der Waals surface area contributed by atoms with Crippen molar-refractivity contribution in [1.82, 2.24) is 10.2 Å². The number of fused-ring (bicyclic) bond motifs is 1. The van der Waals surface area contributed by atoms with Crippen LogP contribution in [0.3, 0.4) is 0 Å². The lowest BCUT2D eigenvalue weighted by Crippen LogP contribution is -1.88. The van der Waals surface area contributed by atoms with Gasteiger partial charge in [0, 0.05) is 5.39 Å². The van der Waals surface area contributed by atoms with E-state index in [1.165, 1.54) is 6.07 Å². The molecule has 0 radical (unpaired) electrons. The maximum atomic E-state index is 13.1. The Bertz CT molecular complexity index is 470. The Morgan fingerprint density at radius 3 is 2.92 bits per heavy atom. The van der Waals surface area contributed by atoms with Gasteiger partial charge in [0.2, 0.25) is 0 Å². The topological polar surface area (TPSA) is 25.8 Å². The predicted molar refractivity (Wildman–Crippen MR) is 51.9 cm³/mol. The first-order valence-electron chi connectivity index (χ1n) is 3.75. The second-order valence-corrected chi connectivity index (χ2v) is 3.67. The van der Waals surface area contributed by atoms with Crippen LogP contribution in [0.15, 0.2) is 22.8 Å². The van der Waals surface area contributed by atoms with E-state index in [1.807, 2.05) is 6.92 Å². The Balaban J connectivity index is 2.89. The Kier molecular flexibility index (Phi) is 2.00. The highest BCUT2D eigenvalue weighted by Crippen LogP contribution is 2.23. The highest BCUT2D eigenvalue weighted by molar-refractivity contribution is 9.10. The second-order valence-electron chi connectivity index (χ2n) is 2.81. The summed E-state index contributed by atoms with van der Waals surface area (Å²) in [5, 5.41) is 8.49. The van der Waals surface area contributed by atoms with Gasteiger partial charge in [-0.1, -0.05) is 0 Å². The van der Waals surface area contributed by atoms with Crippen molar-refractivity contribution in [1.29, 1.82) is 0 Å². The van der Waals surface area contributed by atoms with E-state index < -0.39 is 0 Å². The van der Waals surface area contributed by atoms with E-state index in [9.17, 15) is 4.39 Å². The van der Waals surface area contributed by atoms with Crippen molar-refractivity contribution in [3.8, 4) is 0 Å². The maximum Gasteiger partial charge on any atom is 0.138 e. The number of halogens is 2. The molecule has 1 aromatic heterocycles. The first-order chi connectivity index (χ1) is 6.18. The zero-order valence-corrected chi connectivity index (χ0v) is 8.47. The fourth-order valence-electron chi connectivity index (χ4n) is 1.18. The van der Waals surface area contributed by atoms with Crippen molar-refractivity contribution in [3.63, 3.8) is 0 Å². The van der Waals surface area contributed by atoms with Gasteiger partial charge in [0.15, 0.2) is 0 Å². The van der Waals surface area contributed by atoms with Gasteiger partial charge >= 0.3 is 0 Å². The molecule has 4 heteroatoms. The normalized spacial score (nSPS) is 10.7. The highest BCUT2D eigenvalue weighted by Gasteiger charge is 2.04. The smallest absolute Gasteiger partial charge is 0.138 e. The largest absolute Gasteiger partial charge is 0.206 e. The van der Waals surface area contributed by atoms with Crippen molar-refractivity contribution in [2.24, 2.45) is 0 Å². The van der Waals surface area contributed by atoms with Gasteiger partial charge in [-0.15, -0.1) is 0 Å². The number of aromatic nitrogens is 2. The van der Waals surface area contributed by atoms with Gasteiger partial charge in [-0.05, 0) is 40.5 Å². The van der Waals surface area contributed by atoms with Crippen LogP contribution in [0.1, 0.15) is 5.56 Å². The average molecular weight is 241 g/mol. The van der Waals surface area contributed by atoms with Gasteiger partial charge in [0.1, 0.15) is 5.82 Å². The standard InChI is InChI=1S/C9H6BrFN2/c1-5-4-12-13-9-3-7(10)8(11)2-6(5)9/h2-4H,1H3. The van der Waals surface area contributed by atoms with Crippen LogP contribution >= 0.6 is 15.9 Å². The fourth-order valence-corrected chi connectivity index (χ4v) is 1.51. The molecule has 66 valence electrons. The van der Waals surface area contributed by atoms with E-state index in [4.69, 9.17) is 0 Å². The summed E-state index contributed by atoms with van der Waals surface area (Å²) in [4.78, 5) is 0. The van der Waals surface area contributed by atoms with E-state index in [2.05, 4.69) is 26.1 Å². The minimum absolute atomic E-state index is 0.274. The molecule has 0 aliphatic rings. The van der Waals surface area contributed by atoms with E-state index in [0.717, 1.165) is 10.9 Å². The molecule has 2 aromatic rings. The van der Waals surface area contributed by atoms with Gasteiger partial charge in [-0.3, -0.25) is 0 Å². The predicted octanol–water partition coefficient (Wildman–Crippen LogP) is 2.84. The third-order valence-corrected chi connectivity index (χ3v) is 2.49. The lowest BCUT2D eigenvalue weighted by molar-refractivity contribution is 0.623. The molecule has 0 unspecified atom stereocenters. The van der Waals surface area contributed by atoms with Crippen LogP contribution in [-0.4, -0.2) is 10.2 Å². The molecule has 0 amide bonds. The number of aryl methyl sites for hydroxylation is 1. The van der Waals surface area contributed by atoms with E-state index in [0.29, 0.717) is 9.99 Å². The molecule has 13 heavy (non-hydrogen) atoms. The van der Waals surface area contributed by atoms with Crippen molar-refractivity contribution in [2.45, 2.75) is 6.92 Å². The monoisotopic (exact) mass is 240 g/mol. The summed E-state index contributed by atoms with van der Waals surface area (Å²) < 4.78 is 13.6. The molecule has 0 atom stereocenters. The molecule has 0 saturated heterocycles. The van der Waals surface area contributed by atoms with Crippen LogP contribution in [0.4, 0.5) is 4.39 Å². The molecule has 1 heterocycles. The average Bonchev–Trinajstić information content (AvgIpc) is 2.09. The Morgan fingerprint density at radius 1 is 1.38 bits per heavy atom. The van der Waals surface area contributed by atoms with Gasteiger partial charge in [0.25, 0.3) is 0 Å². The SMILES string of the molecule is Cc1cnnc2cc(Br)c(F)cc12. The van der Waals surface area contributed by atoms with Gasteiger partial charge in [0.05, 0.1) is 16.2 Å². The molecule has 0 aliphatic carbocycles. The van der Waals surface area contributed by atoms with E-state index in [1.54, 1.807) is 12.3 Å². The molecule has 0 spiro atoms. The van der Waals surface area contributed by atoms with E-state index >= 15 is 0 Å². The van der Waals surface area contributed by atoms with Crippen LogP contribution < -0.4 is 0 Å². The van der Waals surface area contributed by atoms with Gasteiger partial charge in [-0.25, -0.2) is 4.39 Å². The second kappa shape index (κ2) is 3.03. The third-order valence-electron chi connectivity index (χ3n) is 1.88. The zero-order chi connectivity index (χ0) is 9.42. The van der Waals surface area contributed by atoms with Crippen molar-refractivity contribution < 1.29 is 4.39 Å². The number of benzene rings is 1. The van der Waals surface area contributed by atoms with Crippen LogP contribution in [0.25, 0.3) is 10.9 Å². The van der Waals surface area contributed by atoms with Crippen molar-refractivity contribution in [3.05, 3.63) is 34.2 Å². The van der Waals surface area contributed by atoms with Crippen LogP contribution in [0, 0.1) is 12.7 Å². The number of hydrogen-bond donors (Lipinski definition) is 0. The summed E-state index contributed by atoms with van der Waals surface area (Å²) in [6.07, 6.45) is 1.62. The Morgan fingerprint density at radius 2 is 2.15 bits per heavy atom. The minimum atomic E-state index is -0.274. The summed E-state index contributed by atoms with van der Waals surface area (Å²) in [5.74, 6) is -0.274. The van der Waals surface area contributed by atoms with Crippen LogP contribution in [0.5, 0.6) is 0 Å².